The first-order chi connectivity index (χ1) is 10.2. The molecule has 1 heterocycles. The maximum absolute atomic E-state index is 12.3. The Kier molecular flexibility index (Phi) is 4.65. The fourth-order valence-electron chi connectivity index (χ4n) is 3.70. The Bertz CT molecular complexity index is 488. The van der Waals surface area contributed by atoms with E-state index in [1.807, 2.05) is 0 Å². The van der Waals surface area contributed by atoms with Crippen molar-refractivity contribution in [3.05, 3.63) is 34.3 Å². The summed E-state index contributed by atoms with van der Waals surface area (Å²) in [7, 11) is 0. The van der Waals surface area contributed by atoms with Gasteiger partial charge >= 0.3 is 0 Å². The molecule has 0 aromatic heterocycles. The minimum absolute atomic E-state index is 0.141. The highest BCUT2D eigenvalue weighted by Gasteiger charge is 2.36. The minimum Gasteiger partial charge on any atom is -0.355 e. The molecule has 21 heavy (non-hydrogen) atoms. The molecule has 0 bridgehead atoms. The molecule has 1 atom stereocenters. The standard InChI is InChI=1S/C17H23BrN2O/c18-15-5-3-14(4-6-15)17(8-1-2-9-17)12-20-16(21)13-7-10-19-11-13/h3-6,13,19H,1-2,7-12H2,(H,20,21). The molecule has 4 heteroatoms. The van der Waals surface area contributed by atoms with Crippen LogP contribution in [0.3, 0.4) is 0 Å². The van der Waals surface area contributed by atoms with E-state index in [0.717, 1.165) is 30.5 Å². The topological polar surface area (TPSA) is 41.1 Å². The van der Waals surface area contributed by atoms with Crippen LogP contribution in [0.4, 0.5) is 0 Å². The van der Waals surface area contributed by atoms with E-state index >= 15 is 0 Å². The van der Waals surface area contributed by atoms with Gasteiger partial charge < -0.3 is 10.6 Å². The number of carbonyl (C=O) groups is 1. The molecular formula is C17H23BrN2O. The highest BCUT2D eigenvalue weighted by atomic mass is 79.9. The third-order valence-corrected chi connectivity index (χ3v) is 5.58. The zero-order chi connectivity index (χ0) is 14.7. The van der Waals surface area contributed by atoms with Crippen molar-refractivity contribution in [1.29, 1.82) is 0 Å². The number of benzene rings is 1. The number of hydrogen-bond donors (Lipinski definition) is 2. The maximum atomic E-state index is 12.3. The number of halogens is 1. The highest BCUT2D eigenvalue weighted by molar-refractivity contribution is 9.10. The molecular weight excluding hydrogens is 328 g/mol. The van der Waals surface area contributed by atoms with Crippen molar-refractivity contribution >= 4 is 21.8 Å². The quantitative estimate of drug-likeness (QED) is 0.876. The van der Waals surface area contributed by atoms with Crippen molar-refractivity contribution < 1.29 is 4.79 Å². The largest absolute Gasteiger partial charge is 0.355 e. The van der Waals surface area contributed by atoms with E-state index in [-0.39, 0.29) is 17.2 Å². The molecule has 0 spiro atoms. The Morgan fingerprint density at radius 1 is 1.29 bits per heavy atom. The first kappa shape index (κ1) is 15.0. The first-order valence-electron chi connectivity index (χ1n) is 7.94. The molecule has 114 valence electrons. The van der Waals surface area contributed by atoms with Crippen LogP contribution in [0.15, 0.2) is 28.7 Å². The molecule has 1 amide bonds. The Morgan fingerprint density at radius 3 is 2.62 bits per heavy atom. The molecule has 3 nitrogen and oxygen atoms in total. The van der Waals surface area contributed by atoms with Gasteiger partial charge in [-0.1, -0.05) is 40.9 Å². The minimum atomic E-state index is 0.141. The van der Waals surface area contributed by atoms with Gasteiger partial charge in [-0.05, 0) is 43.5 Å². The van der Waals surface area contributed by atoms with E-state index < -0.39 is 0 Å². The van der Waals surface area contributed by atoms with Gasteiger partial charge in [-0.2, -0.15) is 0 Å². The molecule has 1 unspecified atom stereocenters. The molecule has 1 saturated heterocycles. The second kappa shape index (κ2) is 6.49. The first-order valence-corrected chi connectivity index (χ1v) is 8.73. The summed E-state index contributed by atoms with van der Waals surface area (Å²) in [6.45, 7) is 2.58. The molecule has 2 aliphatic rings. The third-order valence-electron chi connectivity index (χ3n) is 5.05. The van der Waals surface area contributed by atoms with Gasteiger partial charge in [0.05, 0.1) is 5.92 Å². The monoisotopic (exact) mass is 350 g/mol. The summed E-state index contributed by atoms with van der Waals surface area (Å²) in [6.07, 6.45) is 5.85. The summed E-state index contributed by atoms with van der Waals surface area (Å²) in [4.78, 5) is 12.3. The van der Waals surface area contributed by atoms with Crippen LogP contribution < -0.4 is 10.6 Å². The molecule has 1 saturated carbocycles. The number of nitrogens with one attached hydrogen (secondary N) is 2. The van der Waals surface area contributed by atoms with Crippen molar-refractivity contribution in [3.63, 3.8) is 0 Å². The zero-order valence-corrected chi connectivity index (χ0v) is 13.9. The van der Waals surface area contributed by atoms with Crippen LogP contribution in [0, 0.1) is 5.92 Å². The van der Waals surface area contributed by atoms with Gasteiger partial charge in [-0.25, -0.2) is 0 Å². The van der Waals surface area contributed by atoms with Crippen LogP contribution in [0.5, 0.6) is 0 Å². The molecule has 1 aromatic rings. The summed E-state index contributed by atoms with van der Waals surface area (Å²) in [5.74, 6) is 0.386. The predicted molar refractivity (Wildman–Crippen MR) is 88.3 cm³/mol. The Morgan fingerprint density at radius 2 is 2.00 bits per heavy atom. The van der Waals surface area contributed by atoms with E-state index in [9.17, 15) is 4.79 Å². The molecule has 3 rings (SSSR count). The number of rotatable bonds is 4. The van der Waals surface area contributed by atoms with Crippen molar-refractivity contribution in [1.82, 2.24) is 10.6 Å². The van der Waals surface area contributed by atoms with Gasteiger partial charge in [-0.15, -0.1) is 0 Å². The lowest BCUT2D eigenvalue weighted by atomic mass is 9.78. The number of hydrogen-bond acceptors (Lipinski definition) is 2. The van der Waals surface area contributed by atoms with Gasteiger partial charge in [0.1, 0.15) is 0 Å². The molecule has 1 aliphatic heterocycles. The summed E-state index contributed by atoms with van der Waals surface area (Å²) < 4.78 is 1.11. The Hall–Kier alpha value is -0.870. The van der Waals surface area contributed by atoms with Crippen LogP contribution >= 0.6 is 15.9 Å². The molecule has 1 aliphatic carbocycles. The average molecular weight is 351 g/mol. The summed E-state index contributed by atoms with van der Waals surface area (Å²) >= 11 is 3.50. The van der Waals surface area contributed by atoms with Gasteiger partial charge in [-0.3, -0.25) is 4.79 Å². The normalized spacial score (nSPS) is 24.1. The molecule has 1 aromatic carbocycles. The lowest BCUT2D eigenvalue weighted by molar-refractivity contribution is -0.124. The second-order valence-corrected chi connectivity index (χ2v) is 7.32. The highest BCUT2D eigenvalue weighted by Crippen LogP contribution is 2.41. The van der Waals surface area contributed by atoms with Crippen LogP contribution in [0.25, 0.3) is 0 Å². The summed E-state index contributed by atoms with van der Waals surface area (Å²) in [5, 5.41) is 6.49. The van der Waals surface area contributed by atoms with Crippen LogP contribution in [-0.4, -0.2) is 25.5 Å². The van der Waals surface area contributed by atoms with Crippen molar-refractivity contribution in [2.24, 2.45) is 5.92 Å². The van der Waals surface area contributed by atoms with Crippen LogP contribution in [0.2, 0.25) is 0 Å². The lowest BCUT2D eigenvalue weighted by Crippen LogP contribution is -2.41. The summed E-state index contributed by atoms with van der Waals surface area (Å²) in [5.41, 5.74) is 1.51. The van der Waals surface area contributed by atoms with E-state index in [1.54, 1.807) is 0 Å². The van der Waals surface area contributed by atoms with Crippen LogP contribution in [0.1, 0.15) is 37.7 Å². The van der Waals surface area contributed by atoms with Gasteiger partial charge in [0.25, 0.3) is 0 Å². The third kappa shape index (κ3) is 3.32. The smallest absolute Gasteiger partial charge is 0.224 e. The van der Waals surface area contributed by atoms with E-state index in [2.05, 4.69) is 50.8 Å². The maximum Gasteiger partial charge on any atom is 0.224 e. The summed E-state index contributed by atoms with van der Waals surface area (Å²) in [6, 6.07) is 8.63. The molecule has 0 radical (unpaired) electrons. The van der Waals surface area contributed by atoms with Gasteiger partial charge in [0, 0.05) is 23.0 Å². The van der Waals surface area contributed by atoms with Crippen LogP contribution in [-0.2, 0) is 10.2 Å². The van der Waals surface area contributed by atoms with Gasteiger partial charge in [0.15, 0.2) is 0 Å². The number of carbonyl (C=O) groups excluding carboxylic acids is 1. The second-order valence-electron chi connectivity index (χ2n) is 6.40. The fourth-order valence-corrected chi connectivity index (χ4v) is 3.97. The van der Waals surface area contributed by atoms with E-state index in [0.29, 0.717) is 0 Å². The Labute approximate surface area is 135 Å². The predicted octanol–water partition coefficient (Wildman–Crippen LogP) is 2.99. The van der Waals surface area contributed by atoms with Crippen molar-refractivity contribution in [2.45, 2.75) is 37.5 Å². The molecule has 2 N–H and O–H groups in total. The van der Waals surface area contributed by atoms with E-state index in [4.69, 9.17) is 0 Å². The van der Waals surface area contributed by atoms with E-state index in [1.165, 1.54) is 31.2 Å². The Balaban J connectivity index is 1.69. The van der Waals surface area contributed by atoms with Crippen molar-refractivity contribution in [3.8, 4) is 0 Å². The lowest BCUT2D eigenvalue weighted by Gasteiger charge is -2.30. The van der Waals surface area contributed by atoms with Gasteiger partial charge in [0.2, 0.25) is 5.91 Å². The molecule has 2 fully saturated rings. The SMILES string of the molecule is O=C(NCC1(c2ccc(Br)cc2)CCCC1)C1CCNC1. The fraction of sp³-hybridized carbons (Fsp3) is 0.588. The van der Waals surface area contributed by atoms with Crippen molar-refractivity contribution in [2.75, 3.05) is 19.6 Å². The zero-order valence-electron chi connectivity index (χ0n) is 12.3. The average Bonchev–Trinajstić information content (AvgIpc) is 3.18. The number of amides is 1.